The largest absolute Gasteiger partial charge is 0.481 e. The molecule has 1 aromatic rings. The van der Waals surface area contributed by atoms with Gasteiger partial charge in [0.05, 0.1) is 6.42 Å². The number of carboxylic acids is 1. The van der Waals surface area contributed by atoms with Gasteiger partial charge in [-0.3, -0.25) is 9.59 Å². The molecular formula is C20H28N2O3. The number of carbonyl (C=O) groups is 2. The average Bonchev–Trinajstić information content (AvgIpc) is 3.03. The summed E-state index contributed by atoms with van der Waals surface area (Å²) >= 11 is 0. The Hall–Kier alpha value is -2.04. The van der Waals surface area contributed by atoms with E-state index in [0.29, 0.717) is 13.0 Å². The number of para-hydroxylation sites is 1. The second-order valence-electron chi connectivity index (χ2n) is 7.64. The van der Waals surface area contributed by atoms with Gasteiger partial charge in [0.15, 0.2) is 0 Å². The first-order chi connectivity index (χ1) is 12.1. The molecule has 1 heterocycles. The second kappa shape index (κ2) is 7.89. The highest BCUT2D eigenvalue weighted by Crippen LogP contribution is 2.44. The van der Waals surface area contributed by atoms with E-state index in [2.05, 4.69) is 5.32 Å². The van der Waals surface area contributed by atoms with Crippen LogP contribution in [0.25, 0.3) is 0 Å². The van der Waals surface area contributed by atoms with E-state index in [1.54, 1.807) is 0 Å². The van der Waals surface area contributed by atoms with Gasteiger partial charge in [0.1, 0.15) is 0 Å². The molecule has 1 aromatic carbocycles. The molecule has 3 rings (SSSR count). The fraction of sp³-hybridized carbons (Fsp3) is 0.600. The molecule has 2 aliphatic rings. The summed E-state index contributed by atoms with van der Waals surface area (Å²) < 4.78 is 0. The molecule has 0 radical (unpaired) electrons. The predicted molar refractivity (Wildman–Crippen MR) is 97.4 cm³/mol. The van der Waals surface area contributed by atoms with Crippen molar-refractivity contribution in [3.63, 3.8) is 0 Å². The Labute approximate surface area is 149 Å². The first-order valence-corrected chi connectivity index (χ1v) is 9.38. The van der Waals surface area contributed by atoms with Crippen molar-refractivity contribution in [3.05, 3.63) is 30.3 Å². The molecule has 1 aliphatic carbocycles. The maximum absolute atomic E-state index is 12.8. The summed E-state index contributed by atoms with van der Waals surface area (Å²) in [5.41, 5.74) is 0.767. The molecule has 1 amide bonds. The molecule has 0 aromatic heterocycles. The van der Waals surface area contributed by atoms with Crippen molar-refractivity contribution in [1.82, 2.24) is 4.90 Å². The minimum absolute atomic E-state index is 0.123. The van der Waals surface area contributed by atoms with Crippen LogP contribution in [0.1, 0.15) is 51.4 Å². The zero-order valence-electron chi connectivity index (χ0n) is 14.7. The Kier molecular flexibility index (Phi) is 5.61. The zero-order valence-corrected chi connectivity index (χ0v) is 14.7. The minimum Gasteiger partial charge on any atom is -0.481 e. The maximum atomic E-state index is 12.8. The number of rotatable bonds is 6. The number of nitrogens with one attached hydrogen (secondary N) is 1. The lowest BCUT2D eigenvalue weighted by molar-refractivity contribution is -0.141. The van der Waals surface area contributed by atoms with Gasteiger partial charge in [0.25, 0.3) is 0 Å². The number of aliphatic carboxylic acids is 1. The summed E-state index contributed by atoms with van der Waals surface area (Å²) in [4.78, 5) is 26.0. The number of amides is 1. The van der Waals surface area contributed by atoms with Crippen molar-refractivity contribution in [1.29, 1.82) is 0 Å². The molecule has 1 saturated carbocycles. The molecule has 2 N–H and O–H groups in total. The summed E-state index contributed by atoms with van der Waals surface area (Å²) in [7, 11) is 0. The highest BCUT2D eigenvalue weighted by Gasteiger charge is 2.39. The van der Waals surface area contributed by atoms with E-state index in [9.17, 15) is 14.7 Å². The summed E-state index contributed by atoms with van der Waals surface area (Å²) in [5, 5.41) is 12.7. The van der Waals surface area contributed by atoms with Crippen molar-refractivity contribution < 1.29 is 14.7 Å². The quantitative estimate of drug-likeness (QED) is 0.828. The number of hydrogen-bond acceptors (Lipinski definition) is 3. The molecule has 0 bridgehead atoms. The zero-order chi connectivity index (χ0) is 17.7. The highest BCUT2D eigenvalue weighted by molar-refractivity contribution is 5.78. The normalized spacial score (nSPS) is 22.6. The first kappa shape index (κ1) is 17.8. The van der Waals surface area contributed by atoms with Crippen LogP contribution >= 0.6 is 0 Å². The predicted octanol–water partition coefficient (Wildman–Crippen LogP) is 3.51. The Morgan fingerprint density at radius 2 is 1.84 bits per heavy atom. The number of carboxylic acid groups (broad SMARTS) is 1. The lowest BCUT2D eigenvalue weighted by Gasteiger charge is -2.36. The Morgan fingerprint density at radius 1 is 1.12 bits per heavy atom. The molecule has 136 valence electrons. The van der Waals surface area contributed by atoms with E-state index in [1.165, 1.54) is 0 Å². The smallest absolute Gasteiger partial charge is 0.303 e. The van der Waals surface area contributed by atoms with Gasteiger partial charge in [0, 0.05) is 31.2 Å². The molecule has 5 nitrogen and oxygen atoms in total. The van der Waals surface area contributed by atoms with Crippen LogP contribution in [0.3, 0.4) is 0 Å². The van der Waals surface area contributed by atoms with E-state index in [0.717, 1.165) is 50.8 Å². The van der Waals surface area contributed by atoms with E-state index in [1.807, 2.05) is 35.2 Å². The fourth-order valence-electron chi connectivity index (χ4n) is 4.39. The van der Waals surface area contributed by atoms with E-state index >= 15 is 0 Å². The van der Waals surface area contributed by atoms with Crippen molar-refractivity contribution >= 4 is 17.6 Å². The van der Waals surface area contributed by atoms with Crippen LogP contribution in [0.15, 0.2) is 30.3 Å². The molecular weight excluding hydrogens is 316 g/mol. The Balaban J connectivity index is 1.58. The van der Waals surface area contributed by atoms with Crippen LogP contribution in [0, 0.1) is 5.41 Å². The van der Waals surface area contributed by atoms with Gasteiger partial charge in [-0.05, 0) is 43.2 Å². The molecule has 1 aliphatic heterocycles. The molecule has 25 heavy (non-hydrogen) atoms. The number of anilines is 1. The number of likely N-dealkylation sites (tertiary alicyclic amines) is 1. The van der Waals surface area contributed by atoms with Gasteiger partial charge in [-0.1, -0.05) is 31.0 Å². The minimum atomic E-state index is -0.781. The van der Waals surface area contributed by atoms with Crippen LogP contribution in [0.5, 0.6) is 0 Å². The topological polar surface area (TPSA) is 69.6 Å². The maximum Gasteiger partial charge on any atom is 0.303 e. The third kappa shape index (κ3) is 4.74. The monoisotopic (exact) mass is 344 g/mol. The lowest BCUT2D eigenvalue weighted by Crippen LogP contribution is -2.46. The van der Waals surface area contributed by atoms with Gasteiger partial charge >= 0.3 is 5.97 Å². The fourth-order valence-corrected chi connectivity index (χ4v) is 4.39. The number of piperidine rings is 1. The average molecular weight is 344 g/mol. The SMILES string of the molecule is O=C(O)CC1(CC(=O)N2CCCC(Nc3ccccc3)C2)CCCC1. The van der Waals surface area contributed by atoms with Crippen LogP contribution < -0.4 is 5.32 Å². The molecule has 2 fully saturated rings. The summed E-state index contributed by atoms with van der Waals surface area (Å²) in [6, 6.07) is 10.3. The highest BCUT2D eigenvalue weighted by atomic mass is 16.4. The summed E-state index contributed by atoms with van der Waals surface area (Å²) in [6.07, 6.45) is 6.36. The Morgan fingerprint density at radius 3 is 2.52 bits per heavy atom. The standard InChI is InChI=1S/C20H28N2O3/c23-18(13-20(14-19(24)25)10-4-5-11-20)22-12-6-9-17(15-22)21-16-7-2-1-3-8-16/h1-3,7-8,17,21H,4-6,9-15H2,(H,24,25). The summed E-state index contributed by atoms with van der Waals surface area (Å²) in [6.45, 7) is 1.49. The molecule has 5 heteroatoms. The number of hydrogen-bond donors (Lipinski definition) is 2. The van der Waals surface area contributed by atoms with Crippen molar-refractivity contribution in [3.8, 4) is 0 Å². The third-order valence-corrected chi connectivity index (χ3v) is 5.64. The molecule has 1 saturated heterocycles. The number of benzene rings is 1. The molecule has 0 spiro atoms. The van der Waals surface area contributed by atoms with Gasteiger partial charge in [0.2, 0.25) is 5.91 Å². The van der Waals surface area contributed by atoms with Crippen LogP contribution in [-0.4, -0.2) is 41.0 Å². The lowest BCUT2D eigenvalue weighted by atomic mass is 9.79. The molecule has 1 atom stereocenters. The van der Waals surface area contributed by atoms with E-state index in [-0.39, 0.29) is 23.8 Å². The van der Waals surface area contributed by atoms with Gasteiger partial charge in [-0.2, -0.15) is 0 Å². The van der Waals surface area contributed by atoms with Crippen LogP contribution in [0.2, 0.25) is 0 Å². The van der Waals surface area contributed by atoms with Crippen molar-refractivity contribution in [2.45, 2.75) is 57.4 Å². The first-order valence-electron chi connectivity index (χ1n) is 9.38. The number of carbonyl (C=O) groups excluding carboxylic acids is 1. The van der Waals surface area contributed by atoms with E-state index in [4.69, 9.17) is 0 Å². The van der Waals surface area contributed by atoms with Crippen LogP contribution in [0.4, 0.5) is 5.69 Å². The molecule has 1 unspecified atom stereocenters. The van der Waals surface area contributed by atoms with Crippen molar-refractivity contribution in [2.24, 2.45) is 5.41 Å². The van der Waals surface area contributed by atoms with Gasteiger partial charge < -0.3 is 15.3 Å². The van der Waals surface area contributed by atoms with Crippen LogP contribution in [-0.2, 0) is 9.59 Å². The van der Waals surface area contributed by atoms with E-state index < -0.39 is 5.97 Å². The third-order valence-electron chi connectivity index (χ3n) is 5.64. The van der Waals surface area contributed by atoms with Crippen molar-refractivity contribution in [2.75, 3.05) is 18.4 Å². The van der Waals surface area contributed by atoms with Gasteiger partial charge in [-0.15, -0.1) is 0 Å². The second-order valence-corrected chi connectivity index (χ2v) is 7.64. The Bertz CT molecular complexity index is 596. The summed E-state index contributed by atoms with van der Waals surface area (Å²) in [5.74, 6) is -0.653. The number of nitrogens with zero attached hydrogens (tertiary/aromatic N) is 1. The van der Waals surface area contributed by atoms with Gasteiger partial charge in [-0.25, -0.2) is 0 Å².